The molecule has 3 rings (SSSR count). The molecule has 2 aliphatic heterocycles. The van der Waals surface area contributed by atoms with Crippen molar-refractivity contribution in [3.63, 3.8) is 0 Å². The second-order valence-corrected chi connectivity index (χ2v) is 6.97. The Morgan fingerprint density at radius 1 is 1.24 bits per heavy atom. The van der Waals surface area contributed by atoms with E-state index >= 15 is 0 Å². The summed E-state index contributed by atoms with van der Waals surface area (Å²) in [6, 6.07) is 5.66. The van der Waals surface area contributed by atoms with Crippen LogP contribution in [0.4, 0.5) is 11.4 Å². The first-order valence-electron chi connectivity index (χ1n) is 9.39. The van der Waals surface area contributed by atoms with Crippen LogP contribution in [0.3, 0.4) is 0 Å². The van der Waals surface area contributed by atoms with Gasteiger partial charge in [-0.05, 0) is 57.3 Å². The Labute approximate surface area is 150 Å². The Morgan fingerprint density at radius 2 is 2.00 bits per heavy atom. The van der Waals surface area contributed by atoms with Gasteiger partial charge in [0.1, 0.15) is 11.8 Å². The number of ether oxygens (including phenoxy) is 1. The first-order chi connectivity index (χ1) is 12.2. The summed E-state index contributed by atoms with van der Waals surface area (Å²) in [5.74, 6) is 0.797. The summed E-state index contributed by atoms with van der Waals surface area (Å²) in [6.07, 6.45) is 5.64. The van der Waals surface area contributed by atoms with Crippen molar-refractivity contribution in [1.29, 1.82) is 0 Å². The van der Waals surface area contributed by atoms with Crippen molar-refractivity contribution in [3.8, 4) is 5.75 Å². The van der Waals surface area contributed by atoms with E-state index in [1.807, 2.05) is 18.2 Å². The Morgan fingerprint density at radius 3 is 2.76 bits per heavy atom. The van der Waals surface area contributed by atoms with Crippen LogP contribution < -0.4 is 20.7 Å². The maximum Gasteiger partial charge on any atom is 0.242 e. The van der Waals surface area contributed by atoms with Gasteiger partial charge < -0.3 is 25.6 Å². The molecule has 6 nitrogen and oxygen atoms in total. The van der Waals surface area contributed by atoms with Gasteiger partial charge in [0.05, 0.1) is 12.8 Å². The molecule has 0 bridgehead atoms. The minimum Gasteiger partial charge on any atom is -0.495 e. The van der Waals surface area contributed by atoms with Gasteiger partial charge in [0.2, 0.25) is 5.91 Å². The third-order valence-electron chi connectivity index (χ3n) is 5.28. The molecule has 138 valence electrons. The normalized spacial score (nSPS) is 21.3. The van der Waals surface area contributed by atoms with Gasteiger partial charge in [-0.15, -0.1) is 0 Å². The fourth-order valence-corrected chi connectivity index (χ4v) is 3.85. The third-order valence-corrected chi connectivity index (χ3v) is 5.28. The number of carbonyl (C=O) groups excluding carboxylic acids is 1. The van der Waals surface area contributed by atoms with Crippen molar-refractivity contribution in [2.24, 2.45) is 0 Å². The van der Waals surface area contributed by atoms with Crippen molar-refractivity contribution in [2.45, 2.75) is 38.1 Å². The average molecular weight is 346 g/mol. The van der Waals surface area contributed by atoms with Gasteiger partial charge in [-0.25, -0.2) is 0 Å². The highest BCUT2D eigenvalue weighted by Gasteiger charge is 2.29. The first kappa shape index (κ1) is 17.9. The number of likely N-dealkylation sites (tertiary alicyclic amines) is 1. The molecule has 2 fully saturated rings. The molecule has 1 aromatic rings. The highest BCUT2D eigenvalue weighted by atomic mass is 16.5. The molecule has 0 saturated carbocycles. The molecule has 0 aromatic heterocycles. The van der Waals surface area contributed by atoms with Crippen LogP contribution in [-0.2, 0) is 4.79 Å². The zero-order valence-corrected chi connectivity index (χ0v) is 15.2. The fraction of sp³-hybridized carbons (Fsp3) is 0.632. The number of nitrogens with two attached hydrogens (primary N) is 1. The van der Waals surface area contributed by atoms with Crippen LogP contribution in [0.25, 0.3) is 0 Å². The smallest absolute Gasteiger partial charge is 0.242 e. The van der Waals surface area contributed by atoms with Gasteiger partial charge in [0.25, 0.3) is 0 Å². The Balaban J connectivity index is 1.62. The molecule has 2 saturated heterocycles. The summed E-state index contributed by atoms with van der Waals surface area (Å²) in [6.45, 7) is 4.90. The Kier molecular flexibility index (Phi) is 6.02. The van der Waals surface area contributed by atoms with E-state index in [2.05, 4.69) is 15.1 Å². The Bertz CT molecular complexity index is 587. The lowest BCUT2D eigenvalue weighted by molar-refractivity contribution is -0.122. The standard InChI is InChI=1S/C19H30N4O2/c1-25-18-14-15(7-8-16(18)20)23-12-3-2-6-17(23)19(24)21-9-13-22-10-4-5-11-22/h7-8,14,17H,2-6,9-13,20H2,1H3,(H,21,24). The van der Waals surface area contributed by atoms with E-state index < -0.39 is 0 Å². The second kappa shape index (κ2) is 8.43. The molecule has 1 atom stereocenters. The number of piperidine rings is 1. The first-order valence-corrected chi connectivity index (χ1v) is 9.39. The van der Waals surface area contributed by atoms with E-state index in [4.69, 9.17) is 10.5 Å². The number of rotatable bonds is 6. The van der Waals surface area contributed by atoms with Gasteiger partial charge >= 0.3 is 0 Å². The number of hydrogen-bond acceptors (Lipinski definition) is 5. The van der Waals surface area contributed by atoms with Crippen LogP contribution in [0.5, 0.6) is 5.75 Å². The van der Waals surface area contributed by atoms with Crippen LogP contribution in [0, 0.1) is 0 Å². The molecular formula is C19H30N4O2. The number of nitrogens with zero attached hydrogens (tertiary/aromatic N) is 2. The van der Waals surface area contributed by atoms with Crippen LogP contribution in [0.2, 0.25) is 0 Å². The van der Waals surface area contributed by atoms with Crippen LogP contribution in [0.15, 0.2) is 18.2 Å². The maximum atomic E-state index is 12.7. The number of carbonyl (C=O) groups is 1. The fourth-order valence-electron chi connectivity index (χ4n) is 3.85. The average Bonchev–Trinajstić information content (AvgIpc) is 3.15. The van der Waals surface area contributed by atoms with Gasteiger partial charge in [0.15, 0.2) is 0 Å². The molecule has 6 heteroatoms. The van der Waals surface area contributed by atoms with E-state index in [0.717, 1.165) is 57.7 Å². The molecule has 0 spiro atoms. The molecule has 3 N–H and O–H groups in total. The molecule has 0 radical (unpaired) electrons. The van der Waals surface area contributed by atoms with Gasteiger partial charge in [-0.1, -0.05) is 0 Å². The number of hydrogen-bond donors (Lipinski definition) is 2. The molecule has 2 heterocycles. The van der Waals surface area contributed by atoms with Crippen molar-refractivity contribution < 1.29 is 9.53 Å². The largest absolute Gasteiger partial charge is 0.495 e. The topological polar surface area (TPSA) is 70.8 Å². The van der Waals surface area contributed by atoms with Crippen molar-refractivity contribution in [3.05, 3.63) is 18.2 Å². The Hall–Kier alpha value is -1.95. The lowest BCUT2D eigenvalue weighted by atomic mass is 10.00. The van der Waals surface area contributed by atoms with E-state index in [0.29, 0.717) is 11.4 Å². The molecule has 1 unspecified atom stereocenters. The molecule has 1 aromatic carbocycles. The summed E-state index contributed by atoms with van der Waals surface area (Å²) >= 11 is 0. The van der Waals surface area contributed by atoms with Gasteiger partial charge in [-0.2, -0.15) is 0 Å². The highest BCUT2D eigenvalue weighted by Crippen LogP contribution is 2.31. The van der Waals surface area contributed by atoms with Gasteiger partial charge in [-0.3, -0.25) is 4.79 Å². The second-order valence-electron chi connectivity index (χ2n) is 6.97. The molecular weight excluding hydrogens is 316 g/mol. The number of amides is 1. The number of anilines is 2. The summed E-state index contributed by atoms with van der Waals surface area (Å²) in [5.41, 5.74) is 7.55. The SMILES string of the molecule is COc1cc(N2CCCCC2C(=O)NCCN2CCCC2)ccc1N. The molecule has 25 heavy (non-hydrogen) atoms. The van der Waals surface area contributed by atoms with E-state index in [1.54, 1.807) is 7.11 Å². The zero-order chi connectivity index (χ0) is 17.6. The maximum absolute atomic E-state index is 12.7. The van der Waals surface area contributed by atoms with Crippen molar-refractivity contribution >= 4 is 17.3 Å². The molecule has 1 amide bonds. The van der Waals surface area contributed by atoms with Crippen molar-refractivity contribution in [2.75, 3.05) is 50.5 Å². The van der Waals surface area contributed by atoms with Crippen LogP contribution in [-0.4, -0.2) is 56.7 Å². The number of nitrogens with one attached hydrogen (secondary N) is 1. The molecule has 2 aliphatic rings. The van der Waals surface area contributed by atoms with Crippen LogP contribution in [0.1, 0.15) is 32.1 Å². The predicted octanol–water partition coefficient (Wildman–Crippen LogP) is 1.85. The summed E-state index contributed by atoms with van der Waals surface area (Å²) in [5, 5.41) is 3.14. The third kappa shape index (κ3) is 4.37. The monoisotopic (exact) mass is 346 g/mol. The minimum atomic E-state index is -0.111. The lowest BCUT2D eigenvalue weighted by Crippen LogP contribution is -2.50. The van der Waals surface area contributed by atoms with E-state index in [-0.39, 0.29) is 11.9 Å². The van der Waals surface area contributed by atoms with Crippen molar-refractivity contribution in [1.82, 2.24) is 10.2 Å². The van der Waals surface area contributed by atoms with E-state index in [1.165, 1.54) is 12.8 Å². The number of nitrogen functional groups attached to an aromatic ring is 1. The number of benzene rings is 1. The van der Waals surface area contributed by atoms with Gasteiger partial charge in [0, 0.05) is 31.4 Å². The number of methoxy groups -OCH3 is 1. The summed E-state index contributed by atoms with van der Waals surface area (Å²) in [7, 11) is 1.62. The molecule has 0 aliphatic carbocycles. The summed E-state index contributed by atoms with van der Waals surface area (Å²) in [4.78, 5) is 17.4. The highest BCUT2D eigenvalue weighted by molar-refractivity contribution is 5.85. The summed E-state index contributed by atoms with van der Waals surface area (Å²) < 4.78 is 5.34. The zero-order valence-electron chi connectivity index (χ0n) is 15.2. The predicted molar refractivity (Wildman–Crippen MR) is 101 cm³/mol. The van der Waals surface area contributed by atoms with Crippen LogP contribution >= 0.6 is 0 Å². The lowest BCUT2D eigenvalue weighted by Gasteiger charge is -2.36. The quantitative estimate of drug-likeness (QED) is 0.769. The minimum absolute atomic E-state index is 0.111. The van der Waals surface area contributed by atoms with E-state index in [9.17, 15) is 4.79 Å².